The van der Waals surface area contributed by atoms with Crippen molar-refractivity contribution in [1.82, 2.24) is 9.88 Å². The Labute approximate surface area is 126 Å². The fourth-order valence-corrected chi connectivity index (χ4v) is 3.13. The van der Waals surface area contributed by atoms with Crippen LogP contribution in [0.2, 0.25) is 0 Å². The summed E-state index contributed by atoms with van der Waals surface area (Å²) in [6, 6.07) is 2.78. The Hall–Kier alpha value is -1.39. The number of nitrogens with zero attached hydrogens (tertiary/aromatic N) is 2. The van der Waals surface area contributed by atoms with Crippen molar-refractivity contribution in [2.45, 2.75) is 17.5 Å². The average molecular weight is 338 g/mol. The Balaban J connectivity index is 1.93. The van der Waals surface area contributed by atoms with Crippen LogP contribution in [-0.2, 0) is 10.0 Å². The number of halogens is 3. The normalized spacial score (nSPS) is 20.3. The molecule has 0 bridgehead atoms. The van der Waals surface area contributed by atoms with Gasteiger partial charge >= 0.3 is 6.18 Å². The van der Waals surface area contributed by atoms with Gasteiger partial charge in [-0.3, -0.25) is 4.90 Å². The van der Waals surface area contributed by atoms with Crippen LogP contribution in [0.4, 0.5) is 19.0 Å². The third-order valence-electron chi connectivity index (χ3n) is 3.41. The van der Waals surface area contributed by atoms with Gasteiger partial charge in [0.2, 0.25) is 10.0 Å². The highest BCUT2D eigenvalue weighted by molar-refractivity contribution is 7.89. The van der Waals surface area contributed by atoms with Crippen molar-refractivity contribution in [1.29, 1.82) is 0 Å². The molecular weight excluding hydrogens is 321 g/mol. The zero-order chi connectivity index (χ0) is 16.4. The maximum atomic E-state index is 12.3. The Morgan fingerprint density at radius 1 is 1.45 bits per heavy atom. The van der Waals surface area contributed by atoms with Gasteiger partial charge < -0.3 is 5.32 Å². The number of anilines is 1. The number of hydrogen-bond acceptors (Lipinski definition) is 5. The van der Waals surface area contributed by atoms with Crippen LogP contribution < -0.4 is 10.5 Å². The summed E-state index contributed by atoms with van der Waals surface area (Å²) >= 11 is 0. The molecule has 22 heavy (non-hydrogen) atoms. The molecule has 0 spiro atoms. The Bertz CT molecular complexity index is 621. The molecule has 2 rings (SSSR count). The van der Waals surface area contributed by atoms with Crippen LogP contribution in [0.1, 0.15) is 6.42 Å². The first-order chi connectivity index (χ1) is 10.1. The molecule has 0 amide bonds. The fourth-order valence-electron chi connectivity index (χ4n) is 2.47. The molecule has 0 unspecified atom stereocenters. The lowest BCUT2D eigenvalue weighted by atomic mass is 10.1. The van der Waals surface area contributed by atoms with Crippen LogP contribution in [0.5, 0.6) is 0 Å². The third-order valence-corrected chi connectivity index (χ3v) is 4.35. The molecule has 6 nitrogen and oxygen atoms in total. The molecule has 0 aliphatic carbocycles. The van der Waals surface area contributed by atoms with Gasteiger partial charge in [-0.2, -0.15) is 13.2 Å². The van der Waals surface area contributed by atoms with Gasteiger partial charge in [0.25, 0.3) is 0 Å². The first-order valence-electron chi connectivity index (χ1n) is 6.66. The summed E-state index contributed by atoms with van der Waals surface area (Å²) in [5.74, 6) is 0.122. The minimum atomic E-state index is -4.20. The molecule has 124 valence electrons. The lowest BCUT2D eigenvalue weighted by molar-refractivity contribution is -0.143. The molecule has 1 aliphatic heterocycles. The number of alkyl halides is 3. The summed E-state index contributed by atoms with van der Waals surface area (Å²) in [6.07, 6.45) is -2.17. The second-order valence-electron chi connectivity index (χ2n) is 5.28. The maximum absolute atomic E-state index is 12.3. The van der Waals surface area contributed by atoms with E-state index in [-0.39, 0.29) is 16.6 Å². The number of rotatable bonds is 5. The molecule has 0 saturated carbocycles. The summed E-state index contributed by atoms with van der Waals surface area (Å²) in [6.45, 7) is 0.101. The topological polar surface area (TPSA) is 88.3 Å². The zero-order valence-electron chi connectivity index (χ0n) is 11.7. The first kappa shape index (κ1) is 17.0. The van der Waals surface area contributed by atoms with E-state index in [9.17, 15) is 21.6 Å². The molecule has 1 saturated heterocycles. The van der Waals surface area contributed by atoms with E-state index in [4.69, 9.17) is 5.14 Å². The molecule has 0 radical (unpaired) electrons. The second-order valence-corrected chi connectivity index (χ2v) is 6.81. The monoisotopic (exact) mass is 338 g/mol. The van der Waals surface area contributed by atoms with Gasteiger partial charge in [0, 0.05) is 19.3 Å². The van der Waals surface area contributed by atoms with Crippen molar-refractivity contribution >= 4 is 15.8 Å². The number of pyridine rings is 1. The molecule has 1 fully saturated rings. The van der Waals surface area contributed by atoms with E-state index < -0.39 is 22.7 Å². The Morgan fingerprint density at radius 2 is 2.18 bits per heavy atom. The summed E-state index contributed by atoms with van der Waals surface area (Å²) in [7, 11) is -3.90. The van der Waals surface area contributed by atoms with Gasteiger partial charge in [0.15, 0.2) is 0 Å². The first-order valence-corrected chi connectivity index (χ1v) is 8.20. The lowest BCUT2D eigenvalue weighted by Crippen LogP contribution is -2.33. The van der Waals surface area contributed by atoms with E-state index in [2.05, 4.69) is 10.3 Å². The van der Waals surface area contributed by atoms with Crippen LogP contribution in [0, 0.1) is 5.92 Å². The van der Waals surface area contributed by atoms with Gasteiger partial charge in [-0.25, -0.2) is 18.5 Å². The minimum absolute atomic E-state index is 0.00214. The van der Waals surface area contributed by atoms with Crippen molar-refractivity contribution in [2.75, 3.05) is 31.5 Å². The van der Waals surface area contributed by atoms with Gasteiger partial charge in [-0.1, -0.05) is 0 Å². The zero-order valence-corrected chi connectivity index (χ0v) is 12.5. The van der Waals surface area contributed by atoms with Crippen LogP contribution in [0.3, 0.4) is 0 Å². The largest absolute Gasteiger partial charge is 0.401 e. The second kappa shape index (κ2) is 6.39. The smallest absolute Gasteiger partial charge is 0.369 e. The fraction of sp³-hybridized carbons (Fsp3) is 0.583. The molecule has 3 N–H and O–H groups in total. The predicted molar refractivity (Wildman–Crippen MR) is 74.7 cm³/mol. The SMILES string of the molecule is NS(=O)(=O)c1cccnc1NC[C@@H]1CCN(CC(F)(F)F)C1. The summed E-state index contributed by atoms with van der Waals surface area (Å²) in [5.41, 5.74) is 0. The van der Waals surface area contributed by atoms with Crippen molar-refractivity contribution in [3.05, 3.63) is 18.3 Å². The van der Waals surface area contributed by atoms with Gasteiger partial charge in [-0.05, 0) is 31.0 Å². The number of nitrogens with two attached hydrogens (primary N) is 1. The van der Waals surface area contributed by atoms with E-state index in [1.807, 2.05) is 0 Å². The number of sulfonamides is 1. The number of aromatic nitrogens is 1. The van der Waals surface area contributed by atoms with Crippen LogP contribution in [-0.4, -0.2) is 50.7 Å². The Morgan fingerprint density at radius 3 is 2.82 bits per heavy atom. The number of nitrogens with one attached hydrogen (secondary N) is 1. The molecule has 1 aromatic heterocycles. The number of hydrogen-bond donors (Lipinski definition) is 2. The van der Waals surface area contributed by atoms with Crippen molar-refractivity contribution in [2.24, 2.45) is 11.1 Å². The lowest BCUT2D eigenvalue weighted by Gasteiger charge is -2.18. The summed E-state index contributed by atoms with van der Waals surface area (Å²) < 4.78 is 59.8. The van der Waals surface area contributed by atoms with Crippen LogP contribution >= 0.6 is 0 Å². The molecule has 1 aromatic rings. The molecule has 10 heteroatoms. The summed E-state index contributed by atoms with van der Waals surface area (Å²) in [5, 5.41) is 7.96. The van der Waals surface area contributed by atoms with E-state index >= 15 is 0 Å². The van der Waals surface area contributed by atoms with Gasteiger partial charge in [-0.15, -0.1) is 0 Å². The van der Waals surface area contributed by atoms with E-state index in [0.29, 0.717) is 26.1 Å². The molecule has 1 aliphatic rings. The molecule has 2 heterocycles. The summed E-state index contributed by atoms with van der Waals surface area (Å²) in [4.78, 5) is 5.13. The molecule has 0 aromatic carbocycles. The van der Waals surface area contributed by atoms with E-state index in [0.717, 1.165) is 0 Å². The molecule has 1 atom stereocenters. The average Bonchev–Trinajstić information content (AvgIpc) is 2.81. The Kier molecular flexibility index (Phi) is 4.93. The number of primary sulfonamides is 1. The minimum Gasteiger partial charge on any atom is -0.369 e. The van der Waals surface area contributed by atoms with Gasteiger partial charge in [0.1, 0.15) is 10.7 Å². The van der Waals surface area contributed by atoms with Crippen LogP contribution in [0.25, 0.3) is 0 Å². The standard InChI is InChI=1S/C12H17F3N4O2S/c13-12(14,15)8-19-5-3-9(7-19)6-18-11-10(22(16,20)21)2-1-4-17-11/h1-2,4,9H,3,5-8H2,(H,17,18)(H2,16,20,21)/t9-/m0/s1. The molecular formula is C12H17F3N4O2S. The van der Waals surface area contributed by atoms with Crippen molar-refractivity contribution in [3.63, 3.8) is 0 Å². The number of likely N-dealkylation sites (tertiary alicyclic amines) is 1. The van der Waals surface area contributed by atoms with Crippen molar-refractivity contribution in [3.8, 4) is 0 Å². The van der Waals surface area contributed by atoms with E-state index in [1.165, 1.54) is 23.2 Å². The highest BCUT2D eigenvalue weighted by atomic mass is 32.2. The highest BCUT2D eigenvalue weighted by Gasteiger charge is 2.34. The van der Waals surface area contributed by atoms with Gasteiger partial charge in [0.05, 0.1) is 6.54 Å². The quantitative estimate of drug-likeness (QED) is 0.837. The van der Waals surface area contributed by atoms with Crippen molar-refractivity contribution < 1.29 is 21.6 Å². The van der Waals surface area contributed by atoms with Crippen LogP contribution in [0.15, 0.2) is 23.2 Å². The van der Waals surface area contributed by atoms with E-state index in [1.54, 1.807) is 0 Å². The maximum Gasteiger partial charge on any atom is 0.401 e. The third kappa shape index (κ3) is 4.82. The predicted octanol–water partition coefficient (Wildman–Crippen LogP) is 1.03. The highest BCUT2D eigenvalue weighted by Crippen LogP contribution is 2.23.